The highest BCUT2D eigenvalue weighted by atomic mass is 19.1. The molecule has 1 aromatic rings. The van der Waals surface area contributed by atoms with Gasteiger partial charge in [-0.25, -0.2) is 9.18 Å². The Labute approximate surface area is 151 Å². The fourth-order valence-electron chi connectivity index (χ4n) is 2.93. The van der Waals surface area contributed by atoms with E-state index >= 15 is 0 Å². The Hall–Kier alpha value is -2.48. The summed E-state index contributed by atoms with van der Waals surface area (Å²) in [4.78, 5) is 37.7. The summed E-state index contributed by atoms with van der Waals surface area (Å²) in [5.41, 5.74) is 0.357. The van der Waals surface area contributed by atoms with E-state index < -0.39 is 23.7 Å². The summed E-state index contributed by atoms with van der Waals surface area (Å²) in [6, 6.07) is 4.23. The second kappa shape index (κ2) is 9.28. The molecule has 1 saturated heterocycles. The number of aliphatic carboxylic acids is 1. The van der Waals surface area contributed by atoms with Gasteiger partial charge in [0.15, 0.2) is 0 Å². The SMILES string of the molecule is COCCC(NC(=O)C1CCCN(C(=O)c2ccc(F)cc2)C1)C(=O)O. The van der Waals surface area contributed by atoms with Crippen molar-refractivity contribution in [3.8, 4) is 0 Å². The predicted octanol–water partition coefficient (Wildman–Crippen LogP) is 1.28. The molecule has 2 atom stereocenters. The number of piperidine rings is 1. The number of carboxylic acids is 1. The molecular formula is C18H23FN2O5. The van der Waals surface area contributed by atoms with Crippen LogP contribution in [0.15, 0.2) is 24.3 Å². The average molecular weight is 366 g/mol. The van der Waals surface area contributed by atoms with E-state index in [-0.39, 0.29) is 31.4 Å². The number of ether oxygens (including phenoxy) is 1. The Kier molecular flexibility index (Phi) is 7.08. The van der Waals surface area contributed by atoms with Crippen molar-refractivity contribution in [3.63, 3.8) is 0 Å². The standard InChI is InChI=1S/C18H23FN2O5/c1-26-10-8-15(18(24)25)20-16(22)13-3-2-9-21(11-13)17(23)12-4-6-14(19)7-5-12/h4-7,13,15H,2-3,8-11H2,1H3,(H,20,22)(H,24,25). The van der Waals surface area contributed by atoms with Crippen molar-refractivity contribution in [1.29, 1.82) is 0 Å². The van der Waals surface area contributed by atoms with Gasteiger partial charge < -0.3 is 20.1 Å². The molecular weight excluding hydrogens is 343 g/mol. The zero-order valence-corrected chi connectivity index (χ0v) is 14.6. The number of halogens is 1. The van der Waals surface area contributed by atoms with Crippen LogP contribution in [0.2, 0.25) is 0 Å². The van der Waals surface area contributed by atoms with Crippen LogP contribution in [-0.2, 0) is 14.3 Å². The lowest BCUT2D eigenvalue weighted by Crippen LogP contribution is -2.49. The maximum absolute atomic E-state index is 13.0. The van der Waals surface area contributed by atoms with Crippen LogP contribution in [0.5, 0.6) is 0 Å². The largest absolute Gasteiger partial charge is 0.480 e. The molecule has 1 heterocycles. The van der Waals surface area contributed by atoms with E-state index in [1.54, 1.807) is 4.90 Å². The molecule has 2 rings (SSSR count). The molecule has 7 nitrogen and oxygen atoms in total. The van der Waals surface area contributed by atoms with Gasteiger partial charge in [-0.05, 0) is 37.1 Å². The van der Waals surface area contributed by atoms with E-state index in [1.807, 2.05) is 0 Å². The molecule has 0 radical (unpaired) electrons. The minimum Gasteiger partial charge on any atom is -0.480 e. The summed E-state index contributed by atoms with van der Waals surface area (Å²) in [5, 5.41) is 11.7. The highest BCUT2D eigenvalue weighted by Gasteiger charge is 2.31. The van der Waals surface area contributed by atoms with Gasteiger partial charge in [-0.15, -0.1) is 0 Å². The third-order valence-electron chi connectivity index (χ3n) is 4.40. The molecule has 1 fully saturated rings. The van der Waals surface area contributed by atoms with E-state index in [0.29, 0.717) is 24.9 Å². The van der Waals surface area contributed by atoms with E-state index in [9.17, 15) is 23.9 Å². The zero-order chi connectivity index (χ0) is 19.1. The number of nitrogens with zero attached hydrogens (tertiary/aromatic N) is 1. The molecule has 8 heteroatoms. The highest BCUT2D eigenvalue weighted by Crippen LogP contribution is 2.19. The van der Waals surface area contributed by atoms with E-state index in [1.165, 1.54) is 31.4 Å². The van der Waals surface area contributed by atoms with Crippen LogP contribution in [0.4, 0.5) is 4.39 Å². The number of methoxy groups -OCH3 is 1. The Morgan fingerprint density at radius 1 is 1.35 bits per heavy atom. The van der Waals surface area contributed by atoms with Crippen molar-refractivity contribution < 1.29 is 28.6 Å². The Morgan fingerprint density at radius 2 is 2.04 bits per heavy atom. The topological polar surface area (TPSA) is 95.9 Å². The Balaban J connectivity index is 1.97. The van der Waals surface area contributed by atoms with Crippen molar-refractivity contribution in [3.05, 3.63) is 35.6 Å². The van der Waals surface area contributed by atoms with Gasteiger partial charge in [-0.1, -0.05) is 0 Å². The number of benzene rings is 1. The number of carbonyl (C=O) groups excluding carboxylic acids is 2. The predicted molar refractivity (Wildman–Crippen MR) is 91.1 cm³/mol. The quantitative estimate of drug-likeness (QED) is 0.758. The first-order valence-corrected chi connectivity index (χ1v) is 8.49. The number of hydrogen-bond acceptors (Lipinski definition) is 4. The summed E-state index contributed by atoms with van der Waals surface area (Å²) in [7, 11) is 1.46. The second-order valence-corrected chi connectivity index (χ2v) is 6.28. The van der Waals surface area contributed by atoms with Crippen molar-refractivity contribution in [2.75, 3.05) is 26.8 Å². The van der Waals surface area contributed by atoms with Crippen molar-refractivity contribution in [1.82, 2.24) is 10.2 Å². The van der Waals surface area contributed by atoms with Crippen LogP contribution in [0, 0.1) is 11.7 Å². The van der Waals surface area contributed by atoms with Gasteiger partial charge >= 0.3 is 5.97 Å². The van der Waals surface area contributed by atoms with Crippen LogP contribution in [0.25, 0.3) is 0 Å². The molecule has 0 aliphatic carbocycles. The maximum Gasteiger partial charge on any atom is 0.326 e. The summed E-state index contributed by atoms with van der Waals surface area (Å²) >= 11 is 0. The summed E-state index contributed by atoms with van der Waals surface area (Å²) in [6.07, 6.45) is 1.39. The maximum atomic E-state index is 13.0. The van der Waals surface area contributed by atoms with E-state index in [4.69, 9.17) is 4.74 Å². The lowest BCUT2D eigenvalue weighted by Gasteiger charge is -2.32. The average Bonchev–Trinajstić information content (AvgIpc) is 2.64. The summed E-state index contributed by atoms with van der Waals surface area (Å²) < 4.78 is 17.9. The van der Waals surface area contributed by atoms with Gasteiger partial charge in [0.25, 0.3) is 5.91 Å². The van der Waals surface area contributed by atoms with Crippen LogP contribution in [0.3, 0.4) is 0 Å². The van der Waals surface area contributed by atoms with Crippen molar-refractivity contribution in [2.45, 2.75) is 25.3 Å². The van der Waals surface area contributed by atoms with Crippen LogP contribution >= 0.6 is 0 Å². The number of carbonyl (C=O) groups is 3. The molecule has 0 spiro atoms. The molecule has 2 N–H and O–H groups in total. The third kappa shape index (κ3) is 5.26. The Morgan fingerprint density at radius 3 is 2.65 bits per heavy atom. The van der Waals surface area contributed by atoms with Gasteiger partial charge in [0, 0.05) is 38.8 Å². The molecule has 1 aliphatic heterocycles. The zero-order valence-electron chi connectivity index (χ0n) is 14.6. The number of rotatable bonds is 7. The third-order valence-corrected chi connectivity index (χ3v) is 4.40. The second-order valence-electron chi connectivity index (χ2n) is 6.28. The molecule has 0 saturated carbocycles. The molecule has 1 aromatic carbocycles. The first-order chi connectivity index (χ1) is 12.4. The van der Waals surface area contributed by atoms with Gasteiger partial charge in [0.1, 0.15) is 11.9 Å². The van der Waals surface area contributed by atoms with E-state index in [2.05, 4.69) is 5.32 Å². The van der Waals surface area contributed by atoms with Crippen molar-refractivity contribution >= 4 is 17.8 Å². The number of nitrogens with one attached hydrogen (secondary N) is 1. The fourth-order valence-corrected chi connectivity index (χ4v) is 2.93. The summed E-state index contributed by atoms with van der Waals surface area (Å²) in [5.74, 6) is -2.67. The smallest absolute Gasteiger partial charge is 0.326 e. The van der Waals surface area contributed by atoms with Gasteiger partial charge in [0.05, 0.1) is 5.92 Å². The minimum absolute atomic E-state index is 0.169. The van der Waals surface area contributed by atoms with Gasteiger partial charge in [0.2, 0.25) is 5.91 Å². The Bertz CT molecular complexity index is 649. The number of carboxylic acid groups (broad SMARTS) is 1. The number of hydrogen-bond donors (Lipinski definition) is 2. The molecule has 1 aliphatic rings. The van der Waals surface area contributed by atoms with Gasteiger partial charge in [-0.3, -0.25) is 9.59 Å². The molecule has 26 heavy (non-hydrogen) atoms. The molecule has 142 valence electrons. The number of likely N-dealkylation sites (tertiary alicyclic amines) is 1. The molecule has 0 bridgehead atoms. The normalized spacial score (nSPS) is 18.2. The molecule has 0 aromatic heterocycles. The minimum atomic E-state index is -1.12. The highest BCUT2D eigenvalue weighted by molar-refractivity contribution is 5.94. The van der Waals surface area contributed by atoms with Crippen LogP contribution < -0.4 is 5.32 Å². The van der Waals surface area contributed by atoms with Gasteiger partial charge in [-0.2, -0.15) is 0 Å². The molecule has 2 unspecified atom stereocenters. The van der Waals surface area contributed by atoms with Crippen LogP contribution in [0.1, 0.15) is 29.6 Å². The monoisotopic (exact) mass is 366 g/mol. The lowest BCUT2D eigenvalue weighted by atomic mass is 9.96. The van der Waals surface area contributed by atoms with E-state index in [0.717, 1.165) is 0 Å². The van der Waals surface area contributed by atoms with Crippen LogP contribution in [-0.4, -0.2) is 60.6 Å². The number of amides is 2. The molecule has 2 amide bonds. The first kappa shape index (κ1) is 19.8. The summed E-state index contributed by atoms with van der Waals surface area (Å²) in [6.45, 7) is 0.932. The fraction of sp³-hybridized carbons (Fsp3) is 0.500. The lowest BCUT2D eigenvalue weighted by molar-refractivity contribution is -0.143. The van der Waals surface area contributed by atoms with Crippen molar-refractivity contribution in [2.24, 2.45) is 5.92 Å². The first-order valence-electron chi connectivity index (χ1n) is 8.49.